The van der Waals surface area contributed by atoms with E-state index in [0.29, 0.717) is 42.9 Å². The van der Waals surface area contributed by atoms with Crippen molar-refractivity contribution in [3.63, 3.8) is 0 Å². The fourth-order valence-corrected chi connectivity index (χ4v) is 3.24. The quantitative estimate of drug-likeness (QED) is 0.795. The molecular weight excluding hydrogens is 373 g/mol. The summed E-state index contributed by atoms with van der Waals surface area (Å²) in [7, 11) is 1.60. The molecule has 0 atom stereocenters. The topological polar surface area (TPSA) is 60.9 Å². The molecule has 0 unspecified atom stereocenters. The van der Waals surface area contributed by atoms with Crippen molar-refractivity contribution in [2.24, 2.45) is 0 Å². The van der Waals surface area contributed by atoms with Crippen molar-refractivity contribution in [2.45, 2.75) is 6.92 Å². The molecule has 0 N–H and O–H groups in total. The van der Waals surface area contributed by atoms with Crippen LogP contribution in [0, 0.1) is 12.7 Å². The normalized spacial score (nSPS) is 13.9. The average molecular weight is 397 g/mol. The van der Waals surface area contributed by atoms with Gasteiger partial charge in [-0.25, -0.2) is 4.39 Å². The van der Waals surface area contributed by atoms with Gasteiger partial charge in [0, 0.05) is 44.4 Å². The Morgan fingerprint density at radius 3 is 2.17 bits per heavy atom. The largest absolute Gasteiger partial charge is 0.338 e. The summed E-state index contributed by atoms with van der Waals surface area (Å²) in [5.41, 5.74) is 1.33. The molecule has 0 aromatic heterocycles. The number of carbonyl (C=O) groups excluding carboxylic acids is 3. The molecule has 1 fully saturated rings. The lowest BCUT2D eigenvalue weighted by Gasteiger charge is -2.35. The van der Waals surface area contributed by atoms with E-state index < -0.39 is 5.82 Å². The third-order valence-corrected chi connectivity index (χ3v) is 5.08. The molecule has 2 aromatic carbocycles. The van der Waals surface area contributed by atoms with E-state index in [2.05, 4.69) is 0 Å². The summed E-state index contributed by atoms with van der Waals surface area (Å²) >= 11 is 0. The number of amides is 3. The minimum Gasteiger partial charge on any atom is -0.338 e. The van der Waals surface area contributed by atoms with E-state index in [1.807, 2.05) is 6.07 Å². The van der Waals surface area contributed by atoms with Crippen molar-refractivity contribution in [2.75, 3.05) is 39.8 Å². The molecular formula is C22H24FN3O3. The minimum atomic E-state index is -0.407. The van der Waals surface area contributed by atoms with Gasteiger partial charge in [-0.15, -0.1) is 0 Å². The zero-order valence-corrected chi connectivity index (χ0v) is 16.6. The van der Waals surface area contributed by atoms with Crippen LogP contribution in [0.25, 0.3) is 0 Å². The van der Waals surface area contributed by atoms with E-state index in [4.69, 9.17) is 0 Å². The van der Waals surface area contributed by atoms with Crippen molar-refractivity contribution in [3.05, 3.63) is 71.0 Å². The molecule has 0 saturated carbocycles. The van der Waals surface area contributed by atoms with Gasteiger partial charge in [0.05, 0.1) is 6.54 Å². The fourth-order valence-electron chi connectivity index (χ4n) is 3.24. The standard InChI is InChI=1S/C22H24FN3O3/c1-16-8-9-18(14-19(16)23)22(29)26-12-10-25(11-13-26)20(27)15-24(2)21(28)17-6-4-3-5-7-17/h3-9,14H,10-13,15H2,1-2H3. The molecule has 1 saturated heterocycles. The predicted octanol–water partition coefficient (Wildman–Crippen LogP) is 2.19. The van der Waals surface area contributed by atoms with Crippen molar-refractivity contribution >= 4 is 17.7 Å². The smallest absolute Gasteiger partial charge is 0.254 e. The van der Waals surface area contributed by atoms with Crippen LogP contribution in [0.1, 0.15) is 26.3 Å². The molecule has 2 aromatic rings. The maximum atomic E-state index is 13.7. The molecule has 0 spiro atoms. The van der Waals surface area contributed by atoms with Gasteiger partial charge in [0.2, 0.25) is 5.91 Å². The fraction of sp³-hybridized carbons (Fsp3) is 0.318. The highest BCUT2D eigenvalue weighted by Crippen LogP contribution is 2.13. The molecule has 1 heterocycles. The first-order valence-electron chi connectivity index (χ1n) is 9.50. The van der Waals surface area contributed by atoms with Gasteiger partial charge >= 0.3 is 0 Å². The van der Waals surface area contributed by atoms with Crippen molar-refractivity contribution < 1.29 is 18.8 Å². The van der Waals surface area contributed by atoms with Crippen LogP contribution >= 0.6 is 0 Å². The second kappa shape index (κ2) is 8.86. The van der Waals surface area contributed by atoms with E-state index in [0.717, 1.165) is 0 Å². The molecule has 3 amide bonds. The number of rotatable bonds is 4. The maximum Gasteiger partial charge on any atom is 0.254 e. The monoisotopic (exact) mass is 397 g/mol. The van der Waals surface area contributed by atoms with Crippen LogP contribution in [-0.4, -0.2) is 72.2 Å². The van der Waals surface area contributed by atoms with Gasteiger partial charge in [0.25, 0.3) is 11.8 Å². The third kappa shape index (κ3) is 4.80. The Morgan fingerprint density at radius 2 is 1.55 bits per heavy atom. The number of nitrogens with zero attached hydrogens (tertiary/aromatic N) is 3. The number of benzene rings is 2. The summed E-state index contributed by atoms with van der Waals surface area (Å²) in [5.74, 6) is -1.03. The molecule has 6 nitrogen and oxygen atoms in total. The Hall–Kier alpha value is -3.22. The summed E-state index contributed by atoms with van der Waals surface area (Å²) in [6.45, 7) is 3.13. The Bertz CT molecular complexity index is 909. The highest BCUT2D eigenvalue weighted by Gasteiger charge is 2.26. The van der Waals surface area contributed by atoms with E-state index in [1.165, 1.54) is 11.0 Å². The number of likely N-dealkylation sites (N-methyl/N-ethyl adjacent to an activating group) is 1. The lowest BCUT2D eigenvalue weighted by Crippen LogP contribution is -2.52. The lowest BCUT2D eigenvalue weighted by molar-refractivity contribution is -0.133. The Kier molecular flexibility index (Phi) is 6.26. The lowest BCUT2D eigenvalue weighted by atomic mass is 10.1. The van der Waals surface area contributed by atoms with Gasteiger partial charge in [0.15, 0.2) is 0 Å². The van der Waals surface area contributed by atoms with Crippen LogP contribution < -0.4 is 0 Å². The number of hydrogen-bond acceptors (Lipinski definition) is 3. The van der Waals surface area contributed by atoms with Crippen molar-refractivity contribution in [3.8, 4) is 0 Å². The van der Waals surface area contributed by atoms with E-state index >= 15 is 0 Å². The number of halogens is 1. The summed E-state index contributed by atoms with van der Waals surface area (Å²) in [6, 6.07) is 13.2. The number of piperazine rings is 1. The van der Waals surface area contributed by atoms with Crippen LogP contribution in [0.4, 0.5) is 4.39 Å². The van der Waals surface area contributed by atoms with Crippen molar-refractivity contribution in [1.82, 2.24) is 14.7 Å². The minimum absolute atomic E-state index is 0.0230. The second-order valence-corrected chi connectivity index (χ2v) is 7.16. The second-order valence-electron chi connectivity index (χ2n) is 7.16. The molecule has 0 aliphatic carbocycles. The first kappa shape index (κ1) is 20.5. The summed E-state index contributed by atoms with van der Waals surface area (Å²) in [6.07, 6.45) is 0. The summed E-state index contributed by atoms with van der Waals surface area (Å²) in [5, 5.41) is 0. The first-order chi connectivity index (χ1) is 13.9. The van der Waals surface area contributed by atoms with E-state index in [9.17, 15) is 18.8 Å². The number of hydrogen-bond donors (Lipinski definition) is 0. The number of aryl methyl sites for hydroxylation is 1. The van der Waals surface area contributed by atoms with Gasteiger partial charge in [-0.05, 0) is 36.8 Å². The Labute approximate surface area is 169 Å². The Balaban J connectivity index is 1.53. The SMILES string of the molecule is Cc1ccc(C(=O)N2CCN(C(=O)CN(C)C(=O)c3ccccc3)CC2)cc1F. The maximum absolute atomic E-state index is 13.7. The number of carbonyl (C=O) groups is 3. The summed E-state index contributed by atoms with van der Waals surface area (Å²) < 4.78 is 13.7. The molecule has 0 bridgehead atoms. The highest BCUT2D eigenvalue weighted by atomic mass is 19.1. The van der Waals surface area contributed by atoms with Crippen LogP contribution in [-0.2, 0) is 4.79 Å². The molecule has 152 valence electrons. The van der Waals surface area contributed by atoms with Gasteiger partial charge in [-0.2, -0.15) is 0 Å². The van der Waals surface area contributed by atoms with E-state index in [1.54, 1.807) is 60.2 Å². The molecule has 7 heteroatoms. The van der Waals surface area contributed by atoms with Crippen molar-refractivity contribution in [1.29, 1.82) is 0 Å². The first-order valence-corrected chi connectivity index (χ1v) is 9.50. The van der Waals surface area contributed by atoms with Crippen LogP contribution in [0.3, 0.4) is 0 Å². The van der Waals surface area contributed by atoms with Gasteiger partial charge in [-0.1, -0.05) is 24.3 Å². The predicted molar refractivity (Wildman–Crippen MR) is 107 cm³/mol. The molecule has 3 rings (SSSR count). The zero-order chi connectivity index (χ0) is 21.0. The molecule has 1 aliphatic heterocycles. The van der Waals surface area contributed by atoms with Crippen LogP contribution in [0.15, 0.2) is 48.5 Å². The average Bonchev–Trinajstić information content (AvgIpc) is 2.75. The van der Waals surface area contributed by atoms with Gasteiger partial charge in [-0.3, -0.25) is 14.4 Å². The van der Waals surface area contributed by atoms with Gasteiger partial charge in [0.1, 0.15) is 5.82 Å². The molecule has 1 aliphatic rings. The van der Waals surface area contributed by atoms with Crippen LogP contribution in [0.2, 0.25) is 0 Å². The Morgan fingerprint density at radius 1 is 0.931 bits per heavy atom. The van der Waals surface area contributed by atoms with Crippen LogP contribution in [0.5, 0.6) is 0 Å². The van der Waals surface area contributed by atoms with E-state index in [-0.39, 0.29) is 24.3 Å². The zero-order valence-electron chi connectivity index (χ0n) is 16.6. The summed E-state index contributed by atoms with van der Waals surface area (Å²) in [4.78, 5) is 42.2. The highest BCUT2D eigenvalue weighted by molar-refractivity contribution is 5.96. The molecule has 29 heavy (non-hydrogen) atoms. The van der Waals surface area contributed by atoms with Gasteiger partial charge < -0.3 is 14.7 Å². The third-order valence-electron chi connectivity index (χ3n) is 5.08. The molecule has 0 radical (unpaired) electrons.